The molecule has 0 aliphatic heterocycles. The molecule has 0 aliphatic rings. The van der Waals surface area contributed by atoms with Crippen LogP contribution in [0.25, 0.3) is 0 Å². The molecule has 17 heavy (non-hydrogen) atoms. The van der Waals surface area contributed by atoms with E-state index in [-0.39, 0.29) is 11.4 Å². The average Bonchev–Trinajstić information content (AvgIpc) is 2.35. The molecule has 0 saturated carbocycles. The van der Waals surface area contributed by atoms with E-state index in [4.69, 9.17) is 4.74 Å². The van der Waals surface area contributed by atoms with Gasteiger partial charge in [-0.15, -0.1) is 0 Å². The van der Waals surface area contributed by atoms with E-state index in [9.17, 15) is 14.9 Å². The van der Waals surface area contributed by atoms with Crippen LogP contribution in [0.5, 0.6) is 5.75 Å². The van der Waals surface area contributed by atoms with Crippen molar-refractivity contribution in [3.8, 4) is 17.6 Å². The van der Waals surface area contributed by atoms with Crippen molar-refractivity contribution < 1.29 is 19.2 Å². The van der Waals surface area contributed by atoms with E-state index in [2.05, 4.69) is 16.6 Å². The number of esters is 1. The van der Waals surface area contributed by atoms with Crippen molar-refractivity contribution in [2.24, 2.45) is 0 Å². The molecule has 0 aromatic heterocycles. The fourth-order valence-corrected chi connectivity index (χ4v) is 1.07. The molecule has 0 unspecified atom stereocenters. The van der Waals surface area contributed by atoms with Crippen molar-refractivity contribution in [3.63, 3.8) is 0 Å². The number of methoxy groups -OCH3 is 2. The average molecular weight is 235 g/mol. The highest BCUT2D eigenvalue weighted by Crippen LogP contribution is 2.23. The lowest BCUT2D eigenvalue weighted by Crippen LogP contribution is -1.96. The zero-order valence-electron chi connectivity index (χ0n) is 9.22. The molecule has 6 heteroatoms. The van der Waals surface area contributed by atoms with E-state index >= 15 is 0 Å². The molecule has 0 amide bonds. The lowest BCUT2D eigenvalue weighted by molar-refractivity contribution is -0.384. The summed E-state index contributed by atoms with van der Waals surface area (Å²) in [6.45, 7) is 0. The normalized spacial score (nSPS) is 8.82. The largest absolute Gasteiger partial charge is 0.495 e. The van der Waals surface area contributed by atoms with Gasteiger partial charge in [-0.2, -0.15) is 0 Å². The Kier molecular flexibility index (Phi) is 4.06. The third-order valence-electron chi connectivity index (χ3n) is 1.88. The molecule has 0 saturated heterocycles. The lowest BCUT2D eigenvalue weighted by atomic mass is 10.2. The number of hydrogen-bond donors (Lipinski definition) is 0. The summed E-state index contributed by atoms with van der Waals surface area (Å²) in [6.07, 6.45) is 0. The maximum absolute atomic E-state index is 10.8. The fourth-order valence-electron chi connectivity index (χ4n) is 1.07. The van der Waals surface area contributed by atoms with Crippen LogP contribution in [0, 0.1) is 22.0 Å². The van der Waals surface area contributed by atoms with E-state index in [1.165, 1.54) is 32.4 Å². The van der Waals surface area contributed by atoms with Crippen molar-refractivity contribution in [1.82, 2.24) is 0 Å². The molecule has 1 rings (SSSR count). The first kappa shape index (κ1) is 12.5. The molecule has 0 radical (unpaired) electrons. The molecule has 6 nitrogen and oxygen atoms in total. The summed E-state index contributed by atoms with van der Waals surface area (Å²) in [5.41, 5.74) is 0.272. The van der Waals surface area contributed by atoms with Crippen LogP contribution < -0.4 is 4.74 Å². The predicted octanol–water partition coefficient (Wildman–Crippen LogP) is 1.13. The summed E-state index contributed by atoms with van der Waals surface area (Å²) in [5.74, 6) is 4.26. The zero-order valence-corrected chi connectivity index (χ0v) is 9.22. The molecule has 0 aliphatic carbocycles. The van der Waals surface area contributed by atoms with Crippen molar-refractivity contribution >= 4 is 11.7 Å². The third kappa shape index (κ3) is 3.21. The van der Waals surface area contributed by atoms with E-state index in [0.717, 1.165) is 0 Å². The summed E-state index contributed by atoms with van der Waals surface area (Å²) in [7, 11) is 2.58. The van der Waals surface area contributed by atoms with E-state index in [1.807, 2.05) is 0 Å². The SMILES string of the molecule is COC(=O)C#Cc1ccc([N+](=O)[O-])cc1OC. The molecule has 0 bridgehead atoms. The zero-order chi connectivity index (χ0) is 12.8. The number of hydrogen-bond acceptors (Lipinski definition) is 5. The topological polar surface area (TPSA) is 78.7 Å². The molecule has 0 fully saturated rings. The van der Waals surface area contributed by atoms with Gasteiger partial charge in [-0.05, 0) is 6.07 Å². The minimum Gasteiger partial charge on any atom is -0.495 e. The van der Waals surface area contributed by atoms with Crippen LogP contribution in [-0.4, -0.2) is 25.1 Å². The molecular formula is C11H9NO5. The number of nitro benzene ring substituents is 1. The summed E-state index contributed by atoms with van der Waals surface area (Å²) >= 11 is 0. The minimum absolute atomic E-state index is 0.106. The number of rotatable bonds is 2. The molecule has 1 aromatic carbocycles. The predicted molar refractivity (Wildman–Crippen MR) is 58.5 cm³/mol. The van der Waals surface area contributed by atoms with Crippen LogP contribution in [0.15, 0.2) is 18.2 Å². The number of carbonyl (C=O) groups excluding carboxylic acids is 1. The second-order valence-electron chi connectivity index (χ2n) is 2.88. The minimum atomic E-state index is -0.689. The smallest absolute Gasteiger partial charge is 0.384 e. The van der Waals surface area contributed by atoms with Crippen LogP contribution in [0.4, 0.5) is 5.69 Å². The van der Waals surface area contributed by atoms with Gasteiger partial charge in [0.2, 0.25) is 0 Å². The number of carbonyl (C=O) groups is 1. The summed E-state index contributed by atoms with van der Waals surface area (Å²) in [5, 5.41) is 10.5. The van der Waals surface area contributed by atoms with E-state index in [0.29, 0.717) is 5.56 Å². The highest BCUT2D eigenvalue weighted by atomic mass is 16.6. The molecule has 0 N–H and O–H groups in total. The van der Waals surface area contributed by atoms with Gasteiger partial charge in [0, 0.05) is 12.0 Å². The fraction of sp³-hybridized carbons (Fsp3) is 0.182. The number of ether oxygens (including phenoxy) is 2. The van der Waals surface area contributed by atoms with Gasteiger partial charge in [0.25, 0.3) is 5.69 Å². The van der Waals surface area contributed by atoms with E-state index < -0.39 is 10.9 Å². The molecule has 0 heterocycles. The van der Waals surface area contributed by atoms with Gasteiger partial charge in [0.15, 0.2) is 0 Å². The first-order valence-corrected chi connectivity index (χ1v) is 4.51. The molecule has 0 atom stereocenters. The second kappa shape index (κ2) is 5.51. The Morgan fingerprint density at radius 2 is 2.12 bits per heavy atom. The monoisotopic (exact) mass is 235 g/mol. The molecule has 1 aromatic rings. The summed E-state index contributed by atoms with van der Waals surface area (Å²) in [6, 6.07) is 3.93. The maximum Gasteiger partial charge on any atom is 0.384 e. The van der Waals surface area contributed by atoms with Crippen LogP contribution in [0.3, 0.4) is 0 Å². The molecule has 0 spiro atoms. The number of nitrogens with zero attached hydrogens (tertiary/aromatic N) is 1. The maximum atomic E-state index is 10.8. The Morgan fingerprint density at radius 3 is 2.65 bits per heavy atom. The lowest BCUT2D eigenvalue weighted by Gasteiger charge is -2.02. The van der Waals surface area contributed by atoms with Gasteiger partial charge >= 0.3 is 5.97 Å². The van der Waals surface area contributed by atoms with Crippen LogP contribution in [0.2, 0.25) is 0 Å². The van der Waals surface area contributed by atoms with Gasteiger partial charge in [-0.25, -0.2) is 4.79 Å². The Hall–Kier alpha value is -2.55. The van der Waals surface area contributed by atoms with Gasteiger partial charge < -0.3 is 9.47 Å². The Morgan fingerprint density at radius 1 is 1.41 bits per heavy atom. The van der Waals surface area contributed by atoms with Crippen molar-refractivity contribution in [3.05, 3.63) is 33.9 Å². The van der Waals surface area contributed by atoms with Crippen LogP contribution in [0.1, 0.15) is 5.56 Å². The van der Waals surface area contributed by atoms with Crippen LogP contribution in [-0.2, 0) is 9.53 Å². The van der Waals surface area contributed by atoms with Crippen molar-refractivity contribution in [2.75, 3.05) is 14.2 Å². The van der Waals surface area contributed by atoms with Crippen molar-refractivity contribution in [2.45, 2.75) is 0 Å². The van der Waals surface area contributed by atoms with Gasteiger partial charge in [-0.3, -0.25) is 10.1 Å². The molecular weight excluding hydrogens is 226 g/mol. The third-order valence-corrected chi connectivity index (χ3v) is 1.88. The Labute approximate surface area is 97.3 Å². The standard InChI is InChI=1S/C11H9NO5/c1-16-10-7-9(12(14)15)5-3-8(10)4-6-11(13)17-2/h3,5,7H,1-2H3. The highest BCUT2D eigenvalue weighted by Gasteiger charge is 2.09. The quantitative estimate of drug-likeness (QED) is 0.332. The summed E-state index contributed by atoms with van der Waals surface area (Å²) in [4.78, 5) is 20.8. The first-order valence-electron chi connectivity index (χ1n) is 4.51. The number of non-ortho nitro benzene ring substituents is 1. The van der Waals surface area contributed by atoms with Gasteiger partial charge in [0.05, 0.1) is 30.8 Å². The van der Waals surface area contributed by atoms with Crippen molar-refractivity contribution in [1.29, 1.82) is 0 Å². The van der Waals surface area contributed by atoms with E-state index in [1.54, 1.807) is 0 Å². The Bertz CT molecular complexity index is 512. The first-order chi connectivity index (χ1) is 8.08. The summed E-state index contributed by atoms with van der Waals surface area (Å²) < 4.78 is 9.29. The number of nitro groups is 1. The van der Waals surface area contributed by atoms with Gasteiger partial charge in [0.1, 0.15) is 5.75 Å². The van der Waals surface area contributed by atoms with Gasteiger partial charge in [-0.1, -0.05) is 5.92 Å². The second-order valence-corrected chi connectivity index (χ2v) is 2.88. The molecule has 88 valence electrons. The van der Waals surface area contributed by atoms with Crippen LogP contribution >= 0.6 is 0 Å². The highest BCUT2D eigenvalue weighted by molar-refractivity contribution is 5.89. The number of benzene rings is 1. The Balaban J connectivity index is 3.12.